The first-order valence-electron chi connectivity index (χ1n) is 5.96. The molecule has 0 aromatic heterocycles. The summed E-state index contributed by atoms with van der Waals surface area (Å²) in [6, 6.07) is 6.11. The highest BCUT2D eigenvalue weighted by Crippen LogP contribution is 2.33. The molecular weight excluding hydrogens is 294 g/mol. The minimum atomic E-state index is -0.0293. The van der Waals surface area contributed by atoms with Crippen LogP contribution in [0, 0.1) is 5.41 Å². The van der Waals surface area contributed by atoms with Crippen LogP contribution in [0.2, 0.25) is 0 Å². The van der Waals surface area contributed by atoms with E-state index in [1.165, 1.54) is 0 Å². The van der Waals surface area contributed by atoms with E-state index in [-0.39, 0.29) is 11.5 Å². The van der Waals surface area contributed by atoms with Gasteiger partial charge < -0.3 is 9.47 Å². The van der Waals surface area contributed by atoms with Crippen molar-refractivity contribution in [1.82, 2.24) is 0 Å². The van der Waals surface area contributed by atoms with Gasteiger partial charge in [-0.3, -0.25) is 0 Å². The largest absolute Gasteiger partial charge is 0.496 e. The highest BCUT2D eigenvalue weighted by atomic mass is 79.9. The molecule has 0 saturated heterocycles. The van der Waals surface area contributed by atoms with E-state index < -0.39 is 0 Å². The first-order valence-corrected chi connectivity index (χ1v) is 6.75. The quantitative estimate of drug-likeness (QED) is 0.827. The lowest BCUT2D eigenvalue weighted by molar-refractivity contribution is 0.283. The number of aliphatic imine (C=N–C) groups is 1. The maximum absolute atomic E-state index is 5.68. The van der Waals surface area contributed by atoms with Crippen molar-refractivity contribution in [3.63, 3.8) is 0 Å². The lowest BCUT2D eigenvalue weighted by atomic mass is 9.97. The van der Waals surface area contributed by atoms with Gasteiger partial charge in [0.05, 0.1) is 11.6 Å². The summed E-state index contributed by atoms with van der Waals surface area (Å²) < 4.78 is 11.9. The Balaban J connectivity index is 2.24. The van der Waals surface area contributed by atoms with Crippen molar-refractivity contribution >= 4 is 21.8 Å². The first-order chi connectivity index (χ1) is 8.41. The fraction of sp³-hybridized carbons (Fsp3) is 0.500. The number of halogens is 1. The maximum atomic E-state index is 5.68. The van der Waals surface area contributed by atoms with Crippen molar-refractivity contribution < 1.29 is 9.47 Å². The molecule has 1 heterocycles. The monoisotopic (exact) mass is 311 g/mol. The van der Waals surface area contributed by atoms with Crippen molar-refractivity contribution in [2.75, 3.05) is 13.7 Å². The van der Waals surface area contributed by atoms with Crippen LogP contribution in [-0.2, 0) is 4.74 Å². The Bertz CT molecular complexity index is 477. The molecule has 0 N–H and O–H groups in total. The van der Waals surface area contributed by atoms with E-state index in [9.17, 15) is 0 Å². The zero-order valence-corrected chi connectivity index (χ0v) is 12.7. The average Bonchev–Trinajstić information content (AvgIpc) is 2.77. The minimum absolute atomic E-state index is 0.0293. The van der Waals surface area contributed by atoms with E-state index in [0.29, 0.717) is 6.61 Å². The van der Waals surface area contributed by atoms with E-state index in [4.69, 9.17) is 9.47 Å². The molecule has 0 aliphatic carbocycles. The summed E-state index contributed by atoms with van der Waals surface area (Å²) in [4.78, 5) is 4.66. The second-order valence-corrected chi connectivity index (χ2v) is 6.26. The zero-order valence-electron chi connectivity index (χ0n) is 11.2. The van der Waals surface area contributed by atoms with Gasteiger partial charge in [-0.2, -0.15) is 0 Å². The van der Waals surface area contributed by atoms with Crippen LogP contribution < -0.4 is 4.74 Å². The molecule has 0 fully saturated rings. The highest BCUT2D eigenvalue weighted by Gasteiger charge is 2.29. The third-order valence-electron chi connectivity index (χ3n) is 2.85. The topological polar surface area (TPSA) is 30.8 Å². The maximum Gasteiger partial charge on any atom is 0.189 e. The normalized spacial score (nSPS) is 19.4. The summed E-state index contributed by atoms with van der Waals surface area (Å²) in [7, 11) is 1.66. The van der Waals surface area contributed by atoms with Crippen LogP contribution in [0.3, 0.4) is 0 Å². The number of hydrogen-bond acceptors (Lipinski definition) is 3. The molecule has 0 radical (unpaired) electrons. The van der Waals surface area contributed by atoms with Crippen molar-refractivity contribution in [3.05, 3.63) is 28.2 Å². The standard InChI is InChI=1S/C14H18BrNO2/c1-14(2,3)13-16-11(8-18-13)9-5-6-12(17-4)10(15)7-9/h5-7,11H,8H2,1-4H3/t11-/m0/s1. The number of nitrogens with zero attached hydrogens (tertiary/aromatic N) is 1. The van der Waals surface area contributed by atoms with Crippen LogP contribution in [0.25, 0.3) is 0 Å². The second-order valence-electron chi connectivity index (χ2n) is 5.41. The molecule has 0 bridgehead atoms. The minimum Gasteiger partial charge on any atom is -0.496 e. The predicted molar refractivity (Wildman–Crippen MR) is 76.3 cm³/mol. The van der Waals surface area contributed by atoms with Crippen molar-refractivity contribution in [1.29, 1.82) is 0 Å². The number of ether oxygens (including phenoxy) is 2. The Hall–Kier alpha value is -1.03. The fourth-order valence-corrected chi connectivity index (χ4v) is 2.40. The molecule has 1 aromatic carbocycles. The van der Waals surface area contributed by atoms with Gasteiger partial charge in [-0.05, 0) is 33.6 Å². The van der Waals surface area contributed by atoms with Gasteiger partial charge in [0.2, 0.25) is 0 Å². The first kappa shape index (κ1) is 13.4. The van der Waals surface area contributed by atoms with E-state index in [2.05, 4.69) is 41.7 Å². The Morgan fingerprint density at radius 2 is 2.11 bits per heavy atom. The van der Waals surface area contributed by atoms with Crippen molar-refractivity contribution in [3.8, 4) is 5.75 Å². The van der Waals surface area contributed by atoms with E-state index in [1.807, 2.05) is 18.2 Å². The van der Waals surface area contributed by atoms with Crippen LogP contribution in [0.5, 0.6) is 5.75 Å². The summed E-state index contributed by atoms with van der Waals surface area (Å²) in [6.07, 6.45) is 0. The molecule has 1 aromatic rings. The van der Waals surface area contributed by atoms with Crippen LogP contribution in [0.4, 0.5) is 0 Å². The Morgan fingerprint density at radius 1 is 1.39 bits per heavy atom. The van der Waals surface area contributed by atoms with Crippen molar-refractivity contribution in [2.24, 2.45) is 10.4 Å². The Morgan fingerprint density at radius 3 is 2.61 bits per heavy atom. The summed E-state index contributed by atoms with van der Waals surface area (Å²) in [5.74, 6) is 1.66. The van der Waals surface area contributed by atoms with Gasteiger partial charge in [0, 0.05) is 5.41 Å². The smallest absolute Gasteiger partial charge is 0.189 e. The second kappa shape index (κ2) is 4.92. The highest BCUT2D eigenvalue weighted by molar-refractivity contribution is 9.10. The molecule has 0 saturated carbocycles. The van der Waals surface area contributed by atoms with E-state index in [0.717, 1.165) is 21.7 Å². The molecule has 1 atom stereocenters. The van der Waals surface area contributed by atoms with Crippen LogP contribution in [-0.4, -0.2) is 19.6 Å². The van der Waals surface area contributed by atoms with Crippen molar-refractivity contribution in [2.45, 2.75) is 26.8 Å². The van der Waals surface area contributed by atoms with Gasteiger partial charge in [0.25, 0.3) is 0 Å². The molecule has 4 heteroatoms. The Kier molecular flexibility index (Phi) is 3.66. The molecule has 1 aliphatic rings. The van der Waals surface area contributed by atoms with Gasteiger partial charge >= 0.3 is 0 Å². The summed E-state index contributed by atoms with van der Waals surface area (Å²) in [5.41, 5.74) is 1.11. The molecular formula is C14H18BrNO2. The Labute approximate surface area is 116 Å². The fourth-order valence-electron chi connectivity index (χ4n) is 1.84. The molecule has 0 unspecified atom stereocenters. The third kappa shape index (κ3) is 2.69. The SMILES string of the molecule is COc1ccc([C@@H]2COC(C(C)(C)C)=N2)cc1Br. The molecule has 3 nitrogen and oxygen atoms in total. The van der Waals surface area contributed by atoms with Crippen LogP contribution in [0.1, 0.15) is 32.4 Å². The van der Waals surface area contributed by atoms with Gasteiger partial charge in [-0.1, -0.05) is 26.8 Å². The number of methoxy groups -OCH3 is 1. The lowest BCUT2D eigenvalue weighted by Crippen LogP contribution is -2.20. The number of hydrogen-bond donors (Lipinski definition) is 0. The molecule has 1 aliphatic heterocycles. The summed E-state index contributed by atoms with van der Waals surface area (Å²) >= 11 is 3.49. The number of rotatable bonds is 2. The number of benzene rings is 1. The average molecular weight is 312 g/mol. The van der Waals surface area contributed by atoms with Gasteiger partial charge in [0.1, 0.15) is 18.4 Å². The summed E-state index contributed by atoms with van der Waals surface area (Å²) in [6.45, 7) is 6.94. The molecule has 2 rings (SSSR count). The lowest BCUT2D eigenvalue weighted by Gasteiger charge is -2.16. The molecule has 0 spiro atoms. The van der Waals surface area contributed by atoms with Gasteiger partial charge in [-0.15, -0.1) is 0 Å². The van der Waals surface area contributed by atoms with Gasteiger partial charge in [0.15, 0.2) is 5.90 Å². The van der Waals surface area contributed by atoms with Crippen LogP contribution in [0.15, 0.2) is 27.7 Å². The summed E-state index contributed by atoms with van der Waals surface area (Å²) in [5, 5.41) is 0. The third-order valence-corrected chi connectivity index (χ3v) is 3.47. The zero-order chi connectivity index (χ0) is 13.3. The molecule has 18 heavy (non-hydrogen) atoms. The molecule has 0 amide bonds. The molecule has 98 valence electrons. The van der Waals surface area contributed by atoms with E-state index >= 15 is 0 Å². The van der Waals surface area contributed by atoms with Crippen LogP contribution >= 0.6 is 15.9 Å². The predicted octanol–water partition coefficient (Wildman–Crippen LogP) is 3.97. The van der Waals surface area contributed by atoms with E-state index in [1.54, 1.807) is 7.11 Å². The van der Waals surface area contributed by atoms with Gasteiger partial charge in [-0.25, -0.2) is 4.99 Å².